The average Bonchev–Trinajstić information content (AvgIpc) is 3.00. The number of aromatic nitrogens is 1. The number of thiazole rings is 1. The van der Waals surface area contributed by atoms with Crippen LogP contribution in [0.25, 0.3) is 10.2 Å². The van der Waals surface area contributed by atoms with Gasteiger partial charge in [0.15, 0.2) is 26.5 Å². The Kier molecular flexibility index (Phi) is 4.04. The van der Waals surface area contributed by atoms with Crippen molar-refractivity contribution < 1.29 is 22.7 Å². The van der Waals surface area contributed by atoms with Crippen molar-refractivity contribution in [3.05, 3.63) is 42.0 Å². The number of nitrogens with one attached hydrogen (secondary N) is 1. The number of benzene rings is 2. The van der Waals surface area contributed by atoms with Gasteiger partial charge < -0.3 is 9.47 Å². The van der Waals surface area contributed by atoms with Gasteiger partial charge in [0, 0.05) is 24.0 Å². The molecule has 0 fully saturated rings. The minimum atomic E-state index is -3.30. The molecule has 0 aliphatic carbocycles. The van der Waals surface area contributed by atoms with Crippen molar-refractivity contribution in [2.45, 2.75) is 4.90 Å². The van der Waals surface area contributed by atoms with E-state index in [1.54, 1.807) is 6.07 Å². The molecule has 0 saturated heterocycles. The number of sulfone groups is 1. The first-order chi connectivity index (χ1) is 12.4. The molecule has 134 valence electrons. The average molecular weight is 390 g/mol. The minimum Gasteiger partial charge on any atom is -0.486 e. The Morgan fingerprint density at radius 1 is 1.12 bits per heavy atom. The molecule has 9 heteroatoms. The molecule has 1 aromatic heterocycles. The van der Waals surface area contributed by atoms with Crippen LogP contribution in [0.5, 0.6) is 11.5 Å². The molecule has 0 atom stereocenters. The van der Waals surface area contributed by atoms with E-state index in [1.165, 1.54) is 35.6 Å². The van der Waals surface area contributed by atoms with Gasteiger partial charge in [-0.1, -0.05) is 11.3 Å². The highest BCUT2D eigenvalue weighted by molar-refractivity contribution is 7.90. The van der Waals surface area contributed by atoms with Gasteiger partial charge in [-0.05, 0) is 24.3 Å². The molecule has 4 rings (SSSR count). The van der Waals surface area contributed by atoms with Crippen LogP contribution in [0.15, 0.2) is 41.3 Å². The van der Waals surface area contributed by atoms with E-state index < -0.39 is 9.84 Å². The Balaban J connectivity index is 1.57. The smallest absolute Gasteiger partial charge is 0.257 e. The molecule has 3 aromatic rings. The number of ether oxygens (including phenoxy) is 2. The lowest BCUT2D eigenvalue weighted by Crippen LogP contribution is -2.15. The van der Waals surface area contributed by atoms with Gasteiger partial charge in [0.1, 0.15) is 13.2 Å². The van der Waals surface area contributed by atoms with Crippen molar-refractivity contribution in [1.29, 1.82) is 0 Å². The Hall–Kier alpha value is -2.65. The van der Waals surface area contributed by atoms with Crippen molar-refractivity contribution in [1.82, 2.24) is 4.98 Å². The second-order valence-electron chi connectivity index (χ2n) is 5.73. The normalized spacial score (nSPS) is 13.6. The molecule has 0 bridgehead atoms. The predicted molar refractivity (Wildman–Crippen MR) is 98.1 cm³/mol. The van der Waals surface area contributed by atoms with Gasteiger partial charge in [0.2, 0.25) is 0 Å². The van der Waals surface area contributed by atoms with Crippen LogP contribution in [0, 0.1) is 0 Å². The lowest BCUT2D eigenvalue weighted by atomic mass is 10.2. The van der Waals surface area contributed by atoms with Crippen LogP contribution in [0.2, 0.25) is 0 Å². The van der Waals surface area contributed by atoms with Crippen molar-refractivity contribution in [3.63, 3.8) is 0 Å². The van der Waals surface area contributed by atoms with Crippen LogP contribution < -0.4 is 14.8 Å². The highest BCUT2D eigenvalue weighted by Gasteiger charge is 2.16. The molecule has 2 heterocycles. The zero-order chi connectivity index (χ0) is 18.3. The zero-order valence-electron chi connectivity index (χ0n) is 13.7. The second-order valence-corrected chi connectivity index (χ2v) is 8.78. The number of fused-ring (bicyclic) bond motifs is 2. The summed E-state index contributed by atoms with van der Waals surface area (Å²) in [5.41, 5.74) is 1.06. The number of carbonyl (C=O) groups excluding carboxylic acids is 1. The van der Waals surface area contributed by atoms with Crippen LogP contribution in [0.3, 0.4) is 0 Å². The summed E-state index contributed by atoms with van der Waals surface area (Å²) in [4.78, 5) is 16.9. The summed E-state index contributed by atoms with van der Waals surface area (Å²) in [6.07, 6.45) is 1.12. The minimum absolute atomic E-state index is 0.166. The number of rotatable bonds is 3. The molecule has 0 unspecified atom stereocenters. The van der Waals surface area contributed by atoms with Crippen LogP contribution in [-0.4, -0.2) is 38.8 Å². The zero-order valence-corrected chi connectivity index (χ0v) is 15.3. The summed E-state index contributed by atoms with van der Waals surface area (Å²) >= 11 is 1.33. The van der Waals surface area contributed by atoms with E-state index in [9.17, 15) is 13.2 Å². The molecule has 1 N–H and O–H groups in total. The Bertz CT molecular complexity index is 1060. The molecule has 1 aliphatic heterocycles. The maximum atomic E-state index is 12.4. The van der Waals surface area contributed by atoms with E-state index in [0.29, 0.717) is 40.9 Å². The Morgan fingerprint density at radius 3 is 2.42 bits per heavy atom. The van der Waals surface area contributed by atoms with Crippen molar-refractivity contribution in [3.8, 4) is 11.5 Å². The van der Waals surface area contributed by atoms with Crippen molar-refractivity contribution in [2.24, 2.45) is 0 Å². The third-order valence-corrected chi connectivity index (χ3v) is 5.88. The van der Waals surface area contributed by atoms with E-state index in [2.05, 4.69) is 10.3 Å². The van der Waals surface area contributed by atoms with Gasteiger partial charge in [-0.2, -0.15) is 0 Å². The van der Waals surface area contributed by atoms with Crippen LogP contribution in [-0.2, 0) is 9.84 Å². The fourth-order valence-electron chi connectivity index (χ4n) is 2.54. The van der Waals surface area contributed by atoms with E-state index in [-0.39, 0.29) is 10.8 Å². The first-order valence-corrected chi connectivity index (χ1v) is 10.4. The molecular weight excluding hydrogens is 376 g/mol. The van der Waals surface area contributed by atoms with Crippen molar-refractivity contribution >= 4 is 42.4 Å². The van der Waals surface area contributed by atoms with Gasteiger partial charge in [0.05, 0.1) is 15.1 Å². The van der Waals surface area contributed by atoms with Gasteiger partial charge in [-0.3, -0.25) is 10.1 Å². The van der Waals surface area contributed by atoms with Crippen LogP contribution in [0.4, 0.5) is 5.13 Å². The molecular formula is C17H14N2O5S2. The quantitative estimate of drug-likeness (QED) is 0.739. The summed E-state index contributed by atoms with van der Waals surface area (Å²) in [7, 11) is -3.30. The number of hydrogen-bond acceptors (Lipinski definition) is 7. The SMILES string of the molecule is CS(=O)(=O)c1ccc(C(=O)Nc2nc3cc4c(cc3s2)OCCO4)cc1. The molecule has 2 aromatic carbocycles. The van der Waals surface area contributed by atoms with E-state index in [1.807, 2.05) is 6.07 Å². The summed E-state index contributed by atoms with van der Waals surface area (Å²) in [6.45, 7) is 1.00. The number of anilines is 1. The summed E-state index contributed by atoms with van der Waals surface area (Å²) in [5, 5.41) is 3.18. The van der Waals surface area contributed by atoms with E-state index >= 15 is 0 Å². The number of amides is 1. The van der Waals surface area contributed by atoms with E-state index in [0.717, 1.165) is 11.0 Å². The fourth-order valence-corrected chi connectivity index (χ4v) is 4.04. The monoisotopic (exact) mass is 390 g/mol. The van der Waals surface area contributed by atoms with Gasteiger partial charge in [0.25, 0.3) is 5.91 Å². The highest BCUT2D eigenvalue weighted by Crippen LogP contribution is 2.37. The summed E-state index contributed by atoms with van der Waals surface area (Å²) in [6, 6.07) is 9.39. The maximum Gasteiger partial charge on any atom is 0.257 e. The van der Waals surface area contributed by atoms with Crippen LogP contribution in [0.1, 0.15) is 10.4 Å². The number of hydrogen-bond donors (Lipinski definition) is 1. The van der Waals surface area contributed by atoms with Gasteiger partial charge >= 0.3 is 0 Å². The van der Waals surface area contributed by atoms with E-state index in [4.69, 9.17) is 9.47 Å². The summed E-state index contributed by atoms with van der Waals surface area (Å²) in [5.74, 6) is 0.950. The first-order valence-electron chi connectivity index (χ1n) is 7.72. The standard InChI is InChI=1S/C17H14N2O5S2/c1-26(21,22)11-4-2-10(3-5-11)16(20)19-17-18-12-8-13-14(9-15(12)25-17)24-7-6-23-13/h2-5,8-9H,6-7H2,1H3,(H,18,19,20). The first kappa shape index (κ1) is 16.8. The fraction of sp³-hybridized carbons (Fsp3) is 0.176. The molecule has 0 radical (unpaired) electrons. The lowest BCUT2D eigenvalue weighted by molar-refractivity contribution is 0.102. The predicted octanol–water partition coefficient (Wildman–Crippen LogP) is 2.72. The second kappa shape index (κ2) is 6.26. The van der Waals surface area contributed by atoms with Gasteiger partial charge in [-0.25, -0.2) is 13.4 Å². The molecule has 1 aliphatic rings. The molecule has 0 spiro atoms. The topological polar surface area (TPSA) is 94.6 Å². The number of carbonyl (C=O) groups is 1. The summed E-state index contributed by atoms with van der Waals surface area (Å²) < 4.78 is 34.9. The maximum absolute atomic E-state index is 12.4. The molecule has 0 saturated carbocycles. The van der Waals surface area contributed by atoms with Gasteiger partial charge in [-0.15, -0.1) is 0 Å². The largest absolute Gasteiger partial charge is 0.486 e. The van der Waals surface area contributed by atoms with Crippen molar-refractivity contribution in [2.75, 3.05) is 24.8 Å². The molecule has 1 amide bonds. The van der Waals surface area contributed by atoms with Crippen LogP contribution >= 0.6 is 11.3 Å². The Morgan fingerprint density at radius 2 is 1.77 bits per heavy atom. The molecule has 7 nitrogen and oxygen atoms in total. The third-order valence-electron chi connectivity index (χ3n) is 3.82. The number of nitrogens with zero attached hydrogens (tertiary/aromatic N) is 1. The highest BCUT2D eigenvalue weighted by atomic mass is 32.2. The lowest BCUT2D eigenvalue weighted by Gasteiger charge is -2.17. The Labute approximate surface area is 153 Å². The molecule has 26 heavy (non-hydrogen) atoms. The third kappa shape index (κ3) is 3.23.